The first-order valence-corrected chi connectivity index (χ1v) is 9.75. The van der Waals surface area contributed by atoms with E-state index < -0.39 is 0 Å². The van der Waals surface area contributed by atoms with Crippen LogP contribution in [0.15, 0.2) is 82.0 Å². The Morgan fingerprint density at radius 2 is 1.40 bits per heavy atom. The maximum absolute atomic E-state index is 12.9. The van der Waals surface area contributed by atoms with Crippen molar-refractivity contribution < 1.29 is 4.42 Å². The van der Waals surface area contributed by atoms with E-state index >= 15 is 0 Å². The molecule has 30 heavy (non-hydrogen) atoms. The molecule has 0 aliphatic carbocycles. The Labute approximate surface area is 187 Å². The molecule has 3 aromatic carbocycles. The van der Waals surface area contributed by atoms with Gasteiger partial charge in [-0.3, -0.25) is 9.69 Å². The number of piperazine rings is 1. The smallest absolute Gasteiger partial charge is 0.200 e. The Morgan fingerprint density at radius 1 is 0.733 bits per heavy atom. The van der Waals surface area contributed by atoms with Gasteiger partial charge in [-0.25, -0.2) is 0 Å². The lowest BCUT2D eigenvalue weighted by Crippen LogP contribution is -2.45. The van der Waals surface area contributed by atoms with Gasteiger partial charge in [-0.1, -0.05) is 42.5 Å². The molecule has 0 saturated carbocycles. The summed E-state index contributed by atoms with van der Waals surface area (Å²) < 4.78 is 6.15. The van der Waals surface area contributed by atoms with Gasteiger partial charge < -0.3 is 9.32 Å². The summed E-state index contributed by atoms with van der Waals surface area (Å²) in [5, 5.41) is 1.31. The van der Waals surface area contributed by atoms with Crippen LogP contribution >= 0.6 is 24.8 Å². The summed E-state index contributed by atoms with van der Waals surface area (Å²) in [5.74, 6) is 0. The average molecular weight is 443 g/mol. The second kappa shape index (κ2) is 9.52. The lowest BCUT2D eigenvalue weighted by atomic mass is 10.1. The van der Waals surface area contributed by atoms with Crippen molar-refractivity contribution >= 4 is 52.4 Å². The van der Waals surface area contributed by atoms with E-state index in [9.17, 15) is 4.79 Å². The van der Waals surface area contributed by atoms with E-state index in [4.69, 9.17) is 4.42 Å². The van der Waals surface area contributed by atoms with Crippen LogP contribution in [0.5, 0.6) is 0 Å². The highest BCUT2D eigenvalue weighted by molar-refractivity contribution is 5.91. The van der Waals surface area contributed by atoms with Gasteiger partial charge in [0.1, 0.15) is 11.2 Å². The summed E-state index contributed by atoms with van der Waals surface area (Å²) in [6, 6.07) is 23.9. The molecule has 0 amide bonds. The highest BCUT2D eigenvalue weighted by atomic mass is 35.5. The van der Waals surface area contributed by atoms with Crippen LogP contribution in [0.3, 0.4) is 0 Å². The van der Waals surface area contributed by atoms with Crippen molar-refractivity contribution in [2.75, 3.05) is 31.1 Å². The topological polar surface area (TPSA) is 36.7 Å². The van der Waals surface area contributed by atoms with Crippen LogP contribution in [0.2, 0.25) is 0 Å². The average Bonchev–Trinajstić information content (AvgIpc) is 2.76. The standard InChI is InChI=1S/C24H22N2O2.2ClH/c27-23-20-10-4-5-12-22(20)28-24-18(7-6-11-21(23)24)17-25-13-15-26(16-14-25)19-8-2-1-3-9-19;;/h1-12H,13-17H2;2*1H. The first kappa shape index (κ1) is 22.2. The van der Waals surface area contributed by atoms with Gasteiger partial charge in [-0.05, 0) is 30.3 Å². The van der Waals surface area contributed by atoms with Crippen LogP contribution in [0.25, 0.3) is 21.9 Å². The number of anilines is 1. The zero-order chi connectivity index (χ0) is 18.9. The summed E-state index contributed by atoms with van der Waals surface area (Å²) in [6.07, 6.45) is 0. The van der Waals surface area contributed by atoms with Crippen LogP contribution in [0.4, 0.5) is 5.69 Å². The summed E-state index contributed by atoms with van der Waals surface area (Å²) in [5.41, 5.74) is 3.78. The maximum atomic E-state index is 12.9. The SMILES string of the molecule is Cl.Cl.O=c1c2ccccc2oc2c(CN3CCN(c4ccccc4)CC3)cccc12. The van der Waals surface area contributed by atoms with Gasteiger partial charge >= 0.3 is 0 Å². The number of benzene rings is 3. The number of halogens is 2. The molecule has 1 aliphatic rings. The predicted octanol–water partition coefficient (Wildman–Crippen LogP) is 5.11. The van der Waals surface area contributed by atoms with Crippen molar-refractivity contribution in [1.29, 1.82) is 0 Å². The molecule has 5 rings (SSSR count). The van der Waals surface area contributed by atoms with Gasteiger partial charge in [-0.15, -0.1) is 24.8 Å². The monoisotopic (exact) mass is 442 g/mol. The molecular formula is C24H24Cl2N2O2. The Balaban J connectivity index is 0.00000128. The Morgan fingerprint density at radius 3 is 2.17 bits per heavy atom. The molecule has 0 atom stereocenters. The van der Waals surface area contributed by atoms with Crippen LogP contribution in [-0.2, 0) is 6.54 Å². The molecule has 1 fully saturated rings. The fraction of sp³-hybridized carbons (Fsp3) is 0.208. The summed E-state index contributed by atoms with van der Waals surface area (Å²) >= 11 is 0. The van der Waals surface area contributed by atoms with Gasteiger partial charge in [0, 0.05) is 44.0 Å². The molecule has 6 heteroatoms. The van der Waals surface area contributed by atoms with Gasteiger partial charge in [0.25, 0.3) is 0 Å². The zero-order valence-electron chi connectivity index (χ0n) is 16.5. The Bertz CT molecular complexity index is 1190. The molecule has 1 aliphatic heterocycles. The van der Waals surface area contributed by atoms with Crippen LogP contribution < -0.4 is 10.3 Å². The molecule has 0 spiro atoms. The van der Waals surface area contributed by atoms with Gasteiger partial charge in [0.2, 0.25) is 5.43 Å². The lowest BCUT2D eigenvalue weighted by molar-refractivity contribution is 0.250. The molecule has 1 aromatic heterocycles. The van der Waals surface area contributed by atoms with E-state index in [1.807, 2.05) is 36.4 Å². The third-order valence-corrected chi connectivity index (χ3v) is 5.57. The summed E-state index contributed by atoms with van der Waals surface area (Å²) in [6.45, 7) is 4.77. The summed E-state index contributed by atoms with van der Waals surface area (Å²) in [7, 11) is 0. The second-order valence-electron chi connectivity index (χ2n) is 7.32. The zero-order valence-corrected chi connectivity index (χ0v) is 18.1. The fourth-order valence-corrected chi connectivity index (χ4v) is 4.05. The first-order valence-electron chi connectivity index (χ1n) is 9.75. The number of fused-ring (bicyclic) bond motifs is 2. The van der Waals surface area contributed by atoms with Crippen molar-refractivity contribution in [3.05, 3.63) is 88.6 Å². The van der Waals surface area contributed by atoms with Crippen molar-refractivity contribution in [3.63, 3.8) is 0 Å². The third-order valence-electron chi connectivity index (χ3n) is 5.57. The van der Waals surface area contributed by atoms with E-state index in [-0.39, 0.29) is 30.2 Å². The number of hydrogen-bond donors (Lipinski definition) is 0. The molecule has 0 unspecified atom stereocenters. The minimum Gasteiger partial charge on any atom is -0.455 e. The molecule has 4 aromatic rings. The van der Waals surface area contributed by atoms with Crippen LogP contribution in [-0.4, -0.2) is 31.1 Å². The largest absolute Gasteiger partial charge is 0.455 e. The number of para-hydroxylation sites is 3. The highest BCUT2D eigenvalue weighted by Gasteiger charge is 2.19. The number of rotatable bonds is 3. The highest BCUT2D eigenvalue weighted by Crippen LogP contribution is 2.24. The van der Waals surface area contributed by atoms with Crippen LogP contribution in [0, 0.1) is 0 Å². The lowest BCUT2D eigenvalue weighted by Gasteiger charge is -2.36. The predicted molar refractivity (Wildman–Crippen MR) is 128 cm³/mol. The third kappa shape index (κ3) is 4.17. The molecule has 0 N–H and O–H groups in total. The van der Waals surface area contributed by atoms with E-state index in [2.05, 4.69) is 46.2 Å². The Kier molecular flexibility index (Phi) is 7.03. The number of hydrogen-bond acceptors (Lipinski definition) is 4. The molecule has 2 heterocycles. The van der Waals surface area contributed by atoms with Crippen molar-refractivity contribution in [2.24, 2.45) is 0 Å². The van der Waals surface area contributed by atoms with E-state index in [0.29, 0.717) is 16.4 Å². The number of nitrogens with zero attached hydrogens (tertiary/aromatic N) is 2. The molecule has 156 valence electrons. The minimum atomic E-state index is 0. The minimum absolute atomic E-state index is 0. The fourth-order valence-electron chi connectivity index (χ4n) is 4.05. The van der Waals surface area contributed by atoms with Crippen LogP contribution in [0.1, 0.15) is 5.56 Å². The normalized spacial score (nSPS) is 14.3. The van der Waals surface area contributed by atoms with Crippen molar-refractivity contribution in [2.45, 2.75) is 6.54 Å². The Hall–Kier alpha value is -2.53. The molecule has 0 bridgehead atoms. The molecule has 0 radical (unpaired) electrons. The van der Waals surface area contributed by atoms with Gasteiger partial charge in [0.05, 0.1) is 10.8 Å². The van der Waals surface area contributed by atoms with Gasteiger partial charge in [-0.2, -0.15) is 0 Å². The maximum Gasteiger partial charge on any atom is 0.200 e. The van der Waals surface area contributed by atoms with Gasteiger partial charge in [0.15, 0.2) is 0 Å². The van der Waals surface area contributed by atoms with Crippen molar-refractivity contribution in [3.8, 4) is 0 Å². The first-order chi connectivity index (χ1) is 13.8. The molecule has 4 nitrogen and oxygen atoms in total. The summed E-state index contributed by atoms with van der Waals surface area (Å²) in [4.78, 5) is 17.7. The van der Waals surface area contributed by atoms with E-state index in [1.165, 1.54) is 5.69 Å². The van der Waals surface area contributed by atoms with E-state index in [0.717, 1.165) is 43.9 Å². The molecule has 1 saturated heterocycles. The quantitative estimate of drug-likeness (QED) is 0.413. The second-order valence-corrected chi connectivity index (χ2v) is 7.32. The van der Waals surface area contributed by atoms with E-state index in [1.54, 1.807) is 0 Å². The van der Waals surface area contributed by atoms with Crippen molar-refractivity contribution in [1.82, 2.24) is 4.90 Å². The molecular weight excluding hydrogens is 419 g/mol.